The van der Waals surface area contributed by atoms with E-state index in [2.05, 4.69) is 29.7 Å². The predicted octanol–water partition coefficient (Wildman–Crippen LogP) is 5.57. The number of carbonyl (C=O) groups is 1. The zero-order valence-corrected chi connectivity index (χ0v) is 17.9. The van der Waals surface area contributed by atoms with E-state index >= 15 is 0 Å². The normalized spacial score (nSPS) is 16.9. The smallest absolute Gasteiger partial charge is 0.260 e. The van der Waals surface area contributed by atoms with E-state index in [1.54, 1.807) is 18.2 Å². The summed E-state index contributed by atoms with van der Waals surface area (Å²) in [5.74, 6) is 0.258. The van der Waals surface area contributed by atoms with E-state index in [1.165, 1.54) is 23.4 Å². The number of rotatable bonds is 7. The van der Waals surface area contributed by atoms with Crippen molar-refractivity contribution in [1.82, 2.24) is 5.32 Å². The average Bonchev–Trinajstić information content (AvgIpc) is 3.13. The molecule has 3 aromatic carbocycles. The Bertz CT molecular complexity index is 1080. The van der Waals surface area contributed by atoms with E-state index in [0.29, 0.717) is 16.2 Å². The van der Waals surface area contributed by atoms with Gasteiger partial charge in [0, 0.05) is 11.3 Å². The lowest BCUT2D eigenvalue weighted by Crippen LogP contribution is -2.30. The molecule has 0 radical (unpaired) electrons. The van der Waals surface area contributed by atoms with Crippen LogP contribution >= 0.6 is 11.8 Å². The zero-order chi connectivity index (χ0) is 21.6. The average molecular weight is 435 g/mol. The Balaban J connectivity index is 1.35. The van der Waals surface area contributed by atoms with Crippen LogP contribution in [0.2, 0.25) is 0 Å². The maximum absolute atomic E-state index is 13.7. The third-order valence-corrected chi connectivity index (χ3v) is 5.95. The van der Waals surface area contributed by atoms with Crippen LogP contribution in [0.3, 0.4) is 0 Å². The largest absolute Gasteiger partial charge is 0.489 e. The molecular formula is C25H23FN2O2S. The summed E-state index contributed by atoms with van der Waals surface area (Å²) in [6.45, 7) is 2.28. The van der Waals surface area contributed by atoms with Crippen molar-refractivity contribution in [3.05, 3.63) is 100 Å². The molecule has 0 spiro atoms. The Morgan fingerprint density at radius 1 is 1.06 bits per heavy atom. The lowest BCUT2D eigenvalue weighted by molar-refractivity contribution is -0.116. The molecular weight excluding hydrogens is 411 g/mol. The zero-order valence-electron chi connectivity index (χ0n) is 17.1. The number of carbonyl (C=O) groups excluding carboxylic acids is 1. The second kappa shape index (κ2) is 9.71. The van der Waals surface area contributed by atoms with Crippen molar-refractivity contribution in [1.29, 1.82) is 0 Å². The monoisotopic (exact) mass is 434 g/mol. The van der Waals surface area contributed by atoms with Gasteiger partial charge in [-0.05, 0) is 54.0 Å². The molecule has 158 valence electrons. The van der Waals surface area contributed by atoms with Gasteiger partial charge in [0.05, 0.1) is 4.91 Å². The second-order valence-electron chi connectivity index (χ2n) is 7.12. The molecule has 6 heteroatoms. The van der Waals surface area contributed by atoms with Crippen molar-refractivity contribution in [2.45, 2.75) is 25.4 Å². The van der Waals surface area contributed by atoms with E-state index in [-0.39, 0.29) is 23.8 Å². The van der Waals surface area contributed by atoms with Crippen molar-refractivity contribution in [3.63, 3.8) is 0 Å². The molecule has 1 aliphatic heterocycles. The lowest BCUT2D eigenvalue weighted by atomic mass is 10.1. The minimum atomic E-state index is -0.280. The summed E-state index contributed by atoms with van der Waals surface area (Å²) in [6, 6.07) is 22.1. The van der Waals surface area contributed by atoms with Crippen LogP contribution < -0.4 is 15.4 Å². The van der Waals surface area contributed by atoms with Crippen LogP contribution in [-0.4, -0.2) is 11.4 Å². The number of thioether (sulfide) groups is 1. The summed E-state index contributed by atoms with van der Waals surface area (Å²) in [5.41, 5.74) is 3.43. The summed E-state index contributed by atoms with van der Waals surface area (Å²) in [4.78, 5) is 13.0. The van der Waals surface area contributed by atoms with Gasteiger partial charge >= 0.3 is 0 Å². The molecule has 2 N–H and O–H groups in total. The molecule has 1 fully saturated rings. The van der Waals surface area contributed by atoms with Crippen LogP contribution in [0.15, 0.2) is 77.7 Å². The third-order valence-electron chi connectivity index (χ3n) is 4.92. The van der Waals surface area contributed by atoms with Crippen LogP contribution in [0.5, 0.6) is 5.75 Å². The van der Waals surface area contributed by atoms with E-state index in [1.807, 2.05) is 42.5 Å². The Hall–Kier alpha value is -3.25. The first kappa shape index (κ1) is 21.0. The van der Waals surface area contributed by atoms with Gasteiger partial charge in [-0.15, -0.1) is 0 Å². The molecule has 31 heavy (non-hydrogen) atoms. The van der Waals surface area contributed by atoms with Gasteiger partial charge < -0.3 is 15.4 Å². The van der Waals surface area contributed by atoms with Crippen LogP contribution in [0.4, 0.5) is 10.1 Å². The maximum atomic E-state index is 13.7. The first-order valence-electron chi connectivity index (χ1n) is 10.1. The highest BCUT2D eigenvalue weighted by molar-refractivity contribution is 8.05. The standard InChI is InChI=1S/C25H23FN2O2S/c1-2-17-7-11-20(12-8-17)27-25-28-24(29)23(31-25)15-18-9-13-21(14-10-18)30-16-19-5-3-4-6-22(19)26/h3-15,25,27H,2,16H2,1H3,(H,28,29)/b23-15-/t25-/m0/s1. The molecule has 0 saturated carbocycles. The molecule has 0 aliphatic carbocycles. The number of hydrogen-bond acceptors (Lipinski definition) is 4. The fourth-order valence-corrected chi connectivity index (χ4v) is 4.13. The SMILES string of the molecule is CCc1ccc(N[C@H]2NC(=O)/C(=C/c3ccc(OCc4ccccc4F)cc3)S2)cc1. The number of anilines is 1. The summed E-state index contributed by atoms with van der Waals surface area (Å²) in [7, 11) is 0. The number of amides is 1. The molecule has 4 nitrogen and oxygen atoms in total. The molecule has 1 aliphatic rings. The Morgan fingerprint density at radius 2 is 1.81 bits per heavy atom. The van der Waals surface area contributed by atoms with Crippen molar-refractivity contribution >= 4 is 29.4 Å². The number of aryl methyl sites for hydroxylation is 1. The first-order valence-corrected chi connectivity index (χ1v) is 11.0. The Kier molecular flexibility index (Phi) is 6.57. The highest BCUT2D eigenvalue weighted by Crippen LogP contribution is 2.30. The number of nitrogens with one attached hydrogen (secondary N) is 2. The maximum Gasteiger partial charge on any atom is 0.260 e. The number of benzene rings is 3. The van der Waals surface area contributed by atoms with E-state index in [0.717, 1.165) is 17.7 Å². The van der Waals surface area contributed by atoms with Crippen LogP contribution in [0.1, 0.15) is 23.6 Å². The summed E-state index contributed by atoms with van der Waals surface area (Å²) in [5, 5.41) is 6.26. The molecule has 1 atom stereocenters. The fraction of sp³-hybridized carbons (Fsp3) is 0.160. The molecule has 3 aromatic rings. The molecule has 0 unspecified atom stereocenters. The minimum Gasteiger partial charge on any atom is -0.489 e. The van der Waals surface area contributed by atoms with Crippen molar-refractivity contribution < 1.29 is 13.9 Å². The first-order chi connectivity index (χ1) is 15.1. The Labute approximate surface area is 185 Å². The van der Waals surface area contributed by atoms with Gasteiger partial charge in [-0.25, -0.2) is 4.39 Å². The van der Waals surface area contributed by atoms with Gasteiger partial charge in [-0.2, -0.15) is 0 Å². The van der Waals surface area contributed by atoms with Gasteiger partial charge in [0.15, 0.2) is 5.50 Å². The number of ether oxygens (including phenoxy) is 1. The van der Waals surface area contributed by atoms with E-state index < -0.39 is 0 Å². The number of halogens is 1. The lowest BCUT2D eigenvalue weighted by Gasteiger charge is -2.12. The summed E-state index contributed by atoms with van der Waals surface area (Å²) < 4.78 is 19.4. The highest BCUT2D eigenvalue weighted by atomic mass is 32.2. The van der Waals surface area contributed by atoms with Crippen molar-refractivity contribution in [2.24, 2.45) is 0 Å². The molecule has 1 saturated heterocycles. The van der Waals surface area contributed by atoms with Crippen LogP contribution in [-0.2, 0) is 17.8 Å². The molecule has 4 rings (SSSR count). The molecule has 0 aromatic heterocycles. The van der Waals surface area contributed by atoms with E-state index in [4.69, 9.17) is 4.74 Å². The van der Waals surface area contributed by atoms with Crippen LogP contribution in [0, 0.1) is 5.82 Å². The van der Waals surface area contributed by atoms with Crippen molar-refractivity contribution in [3.8, 4) is 5.75 Å². The molecule has 1 amide bonds. The molecule has 1 heterocycles. The number of hydrogen-bond donors (Lipinski definition) is 2. The predicted molar refractivity (Wildman–Crippen MR) is 124 cm³/mol. The van der Waals surface area contributed by atoms with Gasteiger partial charge in [0.1, 0.15) is 18.2 Å². The second-order valence-corrected chi connectivity index (χ2v) is 8.27. The Morgan fingerprint density at radius 3 is 2.52 bits per heavy atom. The van der Waals surface area contributed by atoms with Gasteiger partial charge in [-0.1, -0.05) is 61.2 Å². The van der Waals surface area contributed by atoms with Crippen molar-refractivity contribution in [2.75, 3.05) is 5.32 Å². The summed E-state index contributed by atoms with van der Waals surface area (Å²) >= 11 is 1.45. The highest BCUT2D eigenvalue weighted by Gasteiger charge is 2.27. The minimum absolute atomic E-state index is 0.104. The quantitative estimate of drug-likeness (QED) is 0.478. The van der Waals surface area contributed by atoms with Crippen LogP contribution in [0.25, 0.3) is 6.08 Å². The third kappa shape index (κ3) is 5.47. The van der Waals surface area contributed by atoms with Gasteiger partial charge in [-0.3, -0.25) is 4.79 Å². The summed E-state index contributed by atoms with van der Waals surface area (Å²) in [6.07, 6.45) is 2.84. The van der Waals surface area contributed by atoms with Gasteiger partial charge in [0.25, 0.3) is 5.91 Å². The fourth-order valence-electron chi connectivity index (χ4n) is 3.14. The molecule has 0 bridgehead atoms. The topological polar surface area (TPSA) is 50.4 Å². The van der Waals surface area contributed by atoms with Gasteiger partial charge in [0.2, 0.25) is 0 Å². The van der Waals surface area contributed by atoms with E-state index in [9.17, 15) is 9.18 Å².